The van der Waals surface area contributed by atoms with Gasteiger partial charge in [0, 0.05) is 30.6 Å². The largest absolute Gasteiger partial charge is 0.394 e. The SMILES string of the molecule is CC(=O)N[C@@H]1[C@@H](O)[C@H](O)[C@@H](CO)O[C@H]1n1nc(-c2ccncc2)n(-c2ccccc2)c1=S. The highest BCUT2D eigenvalue weighted by molar-refractivity contribution is 7.71. The third-order valence-corrected chi connectivity index (χ3v) is 5.64. The number of rotatable bonds is 5. The van der Waals surface area contributed by atoms with Crippen molar-refractivity contribution in [2.45, 2.75) is 37.5 Å². The maximum absolute atomic E-state index is 11.8. The lowest BCUT2D eigenvalue weighted by Crippen LogP contribution is -2.62. The van der Waals surface area contributed by atoms with E-state index in [1.807, 2.05) is 30.3 Å². The lowest BCUT2D eigenvalue weighted by molar-refractivity contribution is -0.219. The van der Waals surface area contributed by atoms with Crippen LogP contribution in [0.2, 0.25) is 0 Å². The quantitative estimate of drug-likeness (QED) is 0.409. The molecule has 0 radical (unpaired) electrons. The molecule has 1 amide bonds. The minimum atomic E-state index is -1.41. The number of hydrogen-bond acceptors (Lipinski definition) is 8. The molecule has 11 heteroatoms. The van der Waals surface area contributed by atoms with E-state index in [0.29, 0.717) is 5.82 Å². The first-order chi connectivity index (χ1) is 15.4. The summed E-state index contributed by atoms with van der Waals surface area (Å²) >= 11 is 5.73. The van der Waals surface area contributed by atoms with Crippen LogP contribution in [-0.2, 0) is 9.53 Å². The molecule has 5 atom stereocenters. The molecule has 0 bridgehead atoms. The first kappa shape index (κ1) is 22.2. The number of nitrogens with one attached hydrogen (secondary N) is 1. The third-order valence-electron chi connectivity index (χ3n) is 5.27. The van der Waals surface area contributed by atoms with Crippen molar-refractivity contribution in [1.29, 1.82) is 0 Å². The predicted molar refractivity (Wildman–Crippen MR) is 116 cm³/mol. The summed E-state index contributed by atoms with van der Waals surface area (Å²) in [5.74, 6) is 0.0654. The van der Waals surface area contributed by atoms with Gasteiger partial charge < -0.3 is 25.4 Å². The Labute approximate surface area is 188 Å². The van der Waals surface area contributed by atoms with Gasteiger partial charge in [-0.3, -0.25) is 14.3 Å². The van der Waals surface area contributed by atoms with E-state index in [2.05, 4.69) is 15.4 Å². The second kappa shape index (κ2) is 9.27. The van der Waals surface area contributed by atoms with E-state index < -0.39 is 43.1 Å². The first-order valence-corrected chi connectivity index (χ1v) is 10.4. The summed E-state index contributed by atoms with van der Waals surface area (Å²) in [5.41, 5.74) is 1.49. The van der Waals surface area contributed by atoms with Crippen LogP contribution in [0.4, 0.5) is 0 Å². The number of aromatic nitrogens is 4. The lowest BCUT2D eigenvalue weighted by Gasteiger charge is -2.42. The molecule has 0 spiro atoms. The standard InChI is InChI=1S/C21H23N5O5S/c1-12(28)23-16-18(30)17(29)15(11-27)31-20(16)26-21(32)25(14-5-3-2-4-6-14)19(24-26)13-7-9-22-10-8-13/h2-10,15-18,20,27,29-30H,11H2,1H3,(H,23,28)/t15-,16-,17-,18-,20-/m1/s1. The monoisotopic (exact) mass is 457 g/mol. The molecule has 1 saturated heterocycles. The number of amides is 1. The van der Waals surface area contributed by atoms with Crippen LogP contribution in [0.25, 0.3) is 17.1 Å². The molecule has 32 heavy (non-hydrogen) atoms. The Morgan fingerprint density at radius 3 is 2.47 bits per heavy atom. The summed E-state index contributed by atoms with van der Waals surface area (Å²) < 4.78 is 9.22. The second-order valence-electron chi connectivity index (χ2n) is 7.41. The van der Waals surface area contributed by atoms with E-state index >= 15 is 0 Å². The molecular formula is C21H23N5O5S. The van der Waals surface area contributed by atoms with Crippen molar-refractivity contribution < 1.29 is 24.9 Å². The van der Waals surface area contributed by atoms with Gasteiger partial charge in [-0.1, -0.05) is 18.2 Å². The van der Waals surface area contributed by atoms with Crippen molar-refractivity contribution in [3.05, 3.63) is 59.6 Å². The molecule has 1 fully saturated rings. The summed E-state index contributed by atoms with van der Waals surface area (Å²) in [7, 11) is 0. The molecule has 3 heterocycles. The minimum absolute atomic E-state index is 0.239. The summed E-state index contributed by atoms with van der Waals surface area (Å²) in [6.07, 6.45) is -1.72. The number of aliphatic hydroxyl groups is 3. The third kappa shape index (κ3) is 4.08. The van der Waals surface area contributed by atoms with Crippen LogP contribution < -0.4 is 5.32 Å². The van der Waals surface area contributed by atoms with Gasteiger partial charge in [0.2, 0.25) is 10.7 Å². The topological polar surface area (TPSA) is 135 Å². The zero-order chi connectivity index (χ0) is 22.8. The molecule has 0 saturated carbocycles. The molecule has 1 aliphatic rings. The molecule has 4 N–H and O–H groups in total. The summed E-state index contributed by atoms with van der Waals surface area (Å²) in [4.78, 5) is 15.9. The number of aliphatic hydroxyl groups excluding tert-OH is 3. The minimum Gasteiger partial charge on any atom is -0.394 e. The molecule has 0 aliphatic carbocycles. The van der Waals surface area contributed by atoms with Crippen LogP contribution in [0.3, 0.4) is 0 Å². The Hall–Kier alpha value is -2.96. The number of hydrogen-bond donors (Lipinski definition) is 4. The van der Waals surface area contributed by atoms with E-state index in [4.69, 9.17) is 17.0 Å². The highest BCUT2D eigenvalue weighted by Gasteiger charge is 2.46. The van der Waals surface area contributed by atoms with Gasteiger partial charge in [0.25, 0.3) is 0 Å². The fourth-order valence-corrected chi connectivity index (χ4v) is 4.08. The second-order valence-corrected chi connectivity index (χ2v) is 7.78. The van der Waals surface area contributed by atoms with Crippen molar-refractivity contribution in [3.8, 4) is 17.1 Å². The average molecular weight is 458 g/mol. The number of ether oxygens (including phenoxy) is 1. The van der Waals surface area contributed by atoms with Gasteiger partial charge in [-0.15, -0.1) is 5.10 Å². The summed E-state index contributed by atoms with van der Waals surface area (Å²) in [6, 6.07) is 11.9. The zero-order valence-corrected chi connectivity index (χ0v) is 18.0. The lowest BCUT2D eigenvalue weighted by atomic mass is 9.96. The Morgan fingerprint density at radius 2 is 1.84 bits per heavy atom. The van der Waals surface area contributed by atoms with Gasteiger partial charge in [0.05, 0.1) is 6.61 Å². The van der Waals surface area contributed by atoms with Crippen LogP contribution in [0.1, 0.15) is 13.2 Å². The van der Waals surface area contributed by atoms with Gasteiger partial charge in [-0.05, 0) is 36.5 Å². The molecular weight excluding hydrogens is 434 g/mol. The van der Waals surface area contributed by atoms with Crippen molar-refractivity contribution in [3.63, 3.8) is 0 Å². The van der Waals surface area contributed by atoms with Crippen molar-refractivity contribution in [1.82, 2.24) is 24.6 Å². The smallest absolute Gasteiger partial charge is 0.217 e. The molecule has 1 aromatic carbocycles. The highest BCUT2D eigenvalue weighted by atomic mass is 32.1. The molecule has 0 unspecified atom stereocenters. The maximum Gasteiger partial charge on any atom is 0.217 e. The van der Waals surface area contributed by atoms with E-state index in [1.165, 1.54) is 11.6 Å². The number of benzene rings is 1. The average Bonchev–Trinajstić information content (AvgIpc) is 3.15. The van der Waals surface area contributed by atoms with Crippen molar-refractivity contribution in [2.24, 2.45) is 0 Å². The van der Waals surface area contributed by atoms with Crippen molar-refractivity contribution in [2.75, 3.05) is 6.61 Å². The van der Waals surface area contributed by atoms with E-state index in [-0.39, 0.29) is 4.77 Å². The number of carbonyl (C=O) groups excluding carboxylic acids is 1. The van der Waals surface area contributed by atoms with Gasteiger partial charge in [-0.2, -0.15) is 0 Å². The molecule has 2 aromatic heterocycles. The van der Waals surface area contributed by atoms with Gasteiger partial charge in [0.1, 0.15) is 24.4 Å². The number of para-hydroxylation sites is 1. The van der Waals surface area contributed by atoms with E-state index in [0.717, 1.165) is 11.3 Å². The van der Waals surface area contributed by atoms with Gasteiger partial charge >= 0.3 is 0 Å². The number of carbonyl (C=O) groups is 1. The fraction of sp³-hybridized carbons (Fsp3) is 0.333. The highest BCUT2D eigenvalue weighted by Crippen LogP contribution is 2.31. The Bertz CT molecular complexity index is 1140. The van der Waals surface area contributed by atoms with E-state index in [9.17, 15) is 20.1 Å². The molecule has 1 aliphatic heterocycles. The summed E-state index contributed by atoms with van der Waals surface area (Å²) in [5, 5.41) is 37.9. The zero-order valence-electron chi connectivity index (χ0n) is 17.1. The summed E-state index contributed by atoms with van der Waals surface area (Å²) in [6.45, 7) is 0.754. The van der Waals surface area contributed by atoms with Crippen LogP contribution >= 0.6 is 12.2 Å². The van der Waals surface area contributed by atoms with Crippen LogP contribution in [-0.4, -0.2) is 71.5 Å². The molecule has 10 nitrogen and oxygen atoms in total. The Morgan fingerprint density at radius 1 is 1.16 bits per heavy atom. The Kier molecular flexibility index (Phi) is 6.44. The van der Waals surface area contributed by atoms with Gasteiger partial charge in [-0.25, -0.2) is 4.68 Å². The van der Waals surface area contributed by atoms with Crippen LogP contribution in [0.5, 0.6) is 0 Å². The van der Waals surface area contributed by atoms with Crippen molar-refractivity contribution >= 4 is 18.1 Å². The van der Waals surface area contributed by atoms with E-state index in [1.54, 1.807) is 29.1 Å². The predicted octanol–water partition coefficient (Wildman–Crippen LogP) is 0.581. The fourth-order valence-electron chi connectivity index (χ4n) is 3.74. The first-order valence-electron chi connectivity index (χ1n) is 9.99. The van der Waals surface area contributed by atoms with Crippen LogP contribution in [0, 0.1) is 4.77 Å². The molecule has 4 rings (SSSR count). The van der Waals surface area contributed by atoms with Gasteiger partial charge in [0.15, 0.2) is 12.1 Å². The number of nitrogens with zero attached hydrogens (tertiary/aromatic N) is 4. The molecule has 168 valence electrons. The number of pyridine rings is 1. The normalized spacial score (nSPS) is 25.4. The molecule has 3 aromatic rings. The Balaban J connectivity index is 1.89. The van der Waals surface area contributed by atoms with Crippen LogP contribution in [0.15, 0.2) is 54.9 Å². The maximum atomic E-state index is 11.8.